The molecule has 0 amide bonds. The molecule has 3 nitrogen and oxygen atoms in total. The van der Waals surface area contributed by atoms with Crippen LogP contribution in [0.5, 0.6) is 0 Å². The molecule has 1 rings (SSSR count). The largest absolute Gasteiger partial charge is 0.478 e. The van der Waals surface area contributed by atoms with Gasteiger partial charge in [0.15, 0.2) is 0 Å². The molecule has 0 heterocycles. The monoisotopic (exact) mass is 191 g/mol. The number of nitrogens with zero attached hydrogens (tertiary/aromatic N) is 1. The fourth-order valence-electron chi connectivity index (χ4n) is 1.23. The van der Waals surface area contributed by atoms with Crippen molar-refractivity contribution in [3.8, 4) is 0 Å². The lowest BCUT2D eigenvalue weighted by atomic mass is 10.1. The quantitative estimate of drug-likeness (QED) is 0.741. The van der Waals surface area contributed by atoms with Gasteiger partial charge in [-0.05, 0) is 6.07 Å². The van der Waals surface area contributed by atoms with E-state index in [9.17, 15) is 4.79 Å². The van der Waals surface area contributed by atoms with E-state index in [1.54, 1.807) is 12.1 Å². The van der Waals surface area contributed by atoms with E-state index >= 15 is 0 Å². The highest BCUT2D eigenvalue weighted by Gasteiger charge is 2.12. The topological polar surface area (TPSA) is 40.5 Å². The van der Waals surface area contributed by atoms with E-state index in [2.05, 4.69) is 6.58 Å². The maximum absolute atomic E-state index is 10.8. The van der Waals surface area contributed by atoms with Crippen molar-refractivity contribution in [2.45, 2.75) is 0 Å². The summed E-state index contributed by atoms with van der Waals surface area (Å²) in [6.07, 6.45) is 0. The fourth-order valence-corrected chi connectivity index (χ4v) is 1.23. The van der Waals surface area contributed by atoms with Crippen molar-refractivity contribution in [1.29, 1.82) is 0 Å². The maximum Gasteiger partial charge on any atom is 0.335 e. The lowest BCUT2D eigenvalue weighted by Gasteiger charge is -2.16. The second kappa shape index (κ2) is 3.96. The summed E-state index contributed by atoms with van der Waals surface area (Å²) in [7, 11) is 3.74. The van der Waals surface area contributed by atoms with Gasteiger partial charge in [-0.1, -0.05) is 24.8 Å². The summed E-state index contributed by atoms with van der Waals surface area (Å²) in [6.45, 7) is 3.54. The molecule has 0 spiro atoms. The van der Waals surface area contributed by atoms with Crippen LogP contribution in [0.25, 0.3) is 5.57 Å². The van der Waals surface area contributed by atoms with Crippen LogP contribution in [0.3, 0.4) is 0 Å². The summed E-state index contributed by atoms with van der Waals surface area (Å²) in [4.78, 5) is 12.6. The van der Waals surface area contributed by atoms with Gasteiger partial charge in [-0.25, -0.2) is 4.79 Å². The average molecular weight is 191 g/mol. The number of carbonyl (C=O) groups is 1. The third-order valence-electron chi connectivity index (χ3n) is 1.97. The number of carboxylic acid groups (broad SMARTS) is 1. The number of para-hydroxylation sites is 1. The summed E-state index contributed by atoms with van der Waals surface area (Å²) in [5.41, 5.74) is 1.64. The van der Waals surface area contributed by atoms with Crippen LogP contribution in [0.1, 0.15) is 5.56 Å². The first kappa shape index (κ1) is 10.3. The third-order valence-corrected chi connectivity index (χ3v) is 1.97. The van der Waals surface area contributed by atoms with Gasteiger partial charge in [-0.15, -0.1) is 0 Å². The molecule has 1 aromatic carbocycles. The highest BCUT2D eigenvalue weighted by Crippen LogP contribution is 2.24. The predicted octanol–water partition coefficient (Wildman–Crippen LogP) is 1.85. The molecule has 0 bridgehead atoms. The molecule has 1 N–H and O–H groups in total. The first-order valence-electron chi connectivity index (χ1n) is 4.23. The SMILES string of the molecule is C=C(C(=O)O)c1ccccc1N(C)C. The van der Waals surface area contributed by atoms with E-state index in [4.69, 9.17) is 5.11 Å². The predicted molar refractivity (Wildman–Crippen MR) is 57.4 cm³/mol. The zero-order chi connectivity index (χ0) is 10.7. The second-order valence-corrected chi connectivity index (χ2v) is 3.20. The number of carboxylic acids is 1. The standard InChI is InChI=1S/C11H13NO2/c1-8(11(13)14)9-6-4-5-7-10(9)12(2)3/h4-7H,1H2,2-3H3,(H,13,14). The van der Waals surface area contributed by atoms with Gasteiger partial charge < -0.3 is 10.0 Å². The van der Waals surface area contributed by atoms with E-state index in [1.165, 1.54) is 0 Å². The van der Waals surface area contributed by atoms with Crippen LogP contribution in [0.4, 0.5) is 5.69 Å². The van der Waals surface area contributed by atoms with Crippen LogP contribution >= 0.6 is 0 Å². The summed E-state index contributed by atoms with van der Waals surface area (Å²) >= 11 is 0. The summed E-state index contributed by atoms with van der Waals surface area (Å²) < 4.78 is 0. The lowest BCUT2D eigenvalue weighted by Crippen LogP contribution is -2.12. The molecule has 0 aliphatic carbocycles. The Morgan fingerprint density at radius 2 is 1.93 bits per heavy atom. The summed E-state index contributed by atoms with van der Waals surface area (Å²) in [6, 6.07) is 7.29. The Morgan fingerprint density at radius 1 is 1.36 bits per heavy atom. The smallest absolute Gasteiger partial charge is 0.335 e. The minimum atomic E-state index is -0.987. The Balaban J connectivity index is 3.20. The van der Waals surface area contributed by atoms with Gasteiger partial charge in [-0.3, -0.25) is 0 Å². The number of hydrogen-bond acceptors (Lipinski definition) is 2. The summed E-state index contributed by atoms with van der Waals surface area (Å²) in [5, 5.41) is 8.82. The van der Waals surface area contributed by atoms with Crippen molar-refractivity contribution in [2.24, 2.45) is 0 Å². The Hall–Kier alpha value is -1.77. The normalized spacial score (nSPS) is 9.57. The van der Waals surface area contributed by atoms with E-state index in [0.717, 1.165) is 5.69 Å². The van der Waals surface area contributed by atoms with Crippen molar-refractivity contribution in [1.82, 2.24) is 0 Å². The number of anilines is 1. The zero-order valence-electron chi connectivity index (χ0n) is 8.32. The van der Waals surface area contributed by atoms with Crippen LogP contribution in [0, 0.1) is 0 Å². The Labute approximate surface area is 83.3 Å². The zero-order valence-corrected chi connectivity index (χ0v) is 8.32. The number of rotatable bonds is 3. The molecule has 3 heteroatoms. The van der Waals surface area contributed by atoms with E-state index < -0.39 is 5.97 Å². The number of hydrogen-bond donors (Lipinski definition) is 1. The molecule has 0 saturated carbocycles. The van der Waals surface area contributed by atoms with Crippen LogP contribution in [0.15, 0.2) is 30.8 Å². The van der Waals surface area contributed by atoms with Crippen molar-refractivity contribution < 1.29 is 9.90 Å². The van der Waals surface area contributed by atoms with Crippen LogP contribution in [0.2, 0.25) is 0 Å². The first-order valence-corrected chi connectivity index (χ1v) is 4.23. The fraction of sp³-hybridized carbons (Fsp3) is 0.182. The van der Waals surface area contributed by atoms with Gasteiger partial charge in [0.1, 0.15) is 0 Å². The number of benzene rings is 1. The molecule has 0 aliphatic rings. The Morgan fingerprint density at radius 3 is 2.43 bits per heavy atom. The van der Waals surface area contributed by atoms with E-state index in [0.29, 0.717) is 5.56 Å². The maximum atomic E-state index is 10.8. The second-order valence-electron chi connectivity index (χ2n) is 3.20. The van der Waals surface area contributed by atoms with Gasteiger partial charge in [0.25, 0.3) is 0 Å². The average Bonchev–Trinajstić information content (AvgIpc) is 2.16. The minimum Gasteiger partial charge on any atom is -0.478 e. The highest BCUT2D eigenvalue weighted by molar-refractivity contribution is 6.16. The molecule has 14 heavy (non-hydrogen) atoms. The minimum absolute atomic E-state index is 0.120. The van der Waals surface area contributed by atoms with Crippen LogP contribution in [-0.2, 0) is 4.79 Å². The van der Waals surface area contributed by atoms with Gasteiger partial charge in [-0.2, -0.15) is 0 Å². The van der Waals surface area contributed by atoms with Gasteiger partial charge in [0.05, 0.1) is 5.57 Å². The first-order chi connectivity index (χ1) is 6.54. The molecule has 0 radical (unpaired) electrons. The van der Waals surface area contributed by atoms with E-state index in [-0.39, 0.29) is 5.57 Å². The van der Waals surface area contributed by atoms with Crippen molar-refractivity contribution in [3.63, 3.8) is 0 Å². The Bertz CT molecular complexity index is 369. The summed E-state index contributed by atoms with van der Waals surface area (Å²) in [5.74, 6) is -0.987. The molecular formula is C11H13NO2. The lowest BCUT2D eigenvalue weighted by molar-refractivity contribution is -0.130. The molecule has 1 aromatic rings. The molecule has 0 unspecified atom stereocenters. The molecule has 74 valence electrons. The molecule has 0 aromatic heterocycles. The molecule has 0 saturated heterocycles. The van der Waals surface area contributed by atoms with Crippen molar-refractivity contribution in [3.05, 3.63) is 36.4 Å². The van der Waals surface area contributed by atoms with Gasteiger partial charge >= 0.3 is 5.97 Å². The van der Waals surface area contributed by atoms with Gasteiger partial charge in [0, 0.05) is 25.3 Å². The van der Waals surface area contributed by atoms with Crippen molar-refractivity contribution >= 4 is 17.2 Å². The molecular weight excluding hydrogens is 178 g/mol. The highest BCUT2D eigenvalue weighted by atomic mass is 16.4. The van der Waals surface area contributed by atoms with E-state index in [1.807, 2.05) is 31.1 Å². The van der Waals surface area contributed by atoms with Crippen LogP contribution in [-0.4, -0.2) is 25.2 Å². The molecule has 0 atom stereocenters. The molecule has 0 fully saturated rings. The third kappa shape index (κ3) is 1.93. The van der Waals surface area contributed by atoms with Crippen LogP contribution < -0.4 is 4.90 Å². The number of aliphatic carboxylic acids is 1. The van der Waals surface area contributed by atoms with Crippen molar-refractivity contribution in [2.75, 3.05) is 19.0 Å². The Kier molecular flexibility index (Phi) is 2.92. The van der Waals surface area contributed by atoms with Gasteiger partial charge in [0.2, 0.25) is 0 Å². The molecule has 0 aliphatic heterocycles.